The number of rotatable bonds is 12. The summed E-state index contributed by atoms with van der Waals surface area (Å²) >= 11 is 0. The van der Waals surface area contributed by atoms with Gasteiger partial charge < -0.3 is 29.8 Å². The van der Waals surface area contributed by atoms with Crippen molar-refractivity contribution in [1.29, 1.82) is 0 Å². The SMILES string of the molecule is CCC(C)n1cc(C(=O)O)c(=O)c2cc(F)c(N(CC)C[C@](N)(CCOC)COC)c(C)c21. The van der Waals surface area contributed by atoms with Crippen molar-refractivity contribution >= 4 is 22.6 Å². The number of ether oxygens (including phenoxy) is 2. The minimum Gasteiger partial charge on any atom is -0.477 e. The molecule has 1 heterocycles. The fourth-order valence-electron chi connectivity index (χ4n) is 4.27. The van der Waals surface area contributed by atoms with Crippen LogP contribution < -0.4 is 16.1 Å². The summed E-state index contributed by atoms with van der Waals surface area (Å²) in [6.45, 7) is 9.04. The fourth-order valence-corrected chi connectivity index (χ4v) is 4.27. The molecule has 33 heavy (non-hydrogen) atoms. The molecule has 1 aromatic heterocycles. The number of pyridine rings is 1. The minimum atomic E-state index is -1.33. The summed E-state index contributed by atoms with van der Waals surface area (Å²) in [5.41, 5.74) is 6.19. The van der Waals surface area contributed by atoms with E-state index >= 15 is 4.39 Å². The van der Waals surface area contributed by atoms with Gasteiger partial charge in [-0.3, -0.25) is 4.79 Å². The third kappa shape index (κ3) is 5.54. The highest BCUT2D eigenvalue weighted by Crippen LogP contribution is 2.33. The quantitative estimate of drug-likeness (QED) is 0.495. The Bertz CT molecular complexity index is 1050. The summed E-state index contributed by atoms with van der Waals surface area (Å²) in [5, 5.41) is 9.58. The predicted molar refractivity (Wildman–Crippen MR) is 128 cm³/mol. The number of hydrogen-bond acceptors (Lipinski definition) is 6. The van der Waals surface area contributed by atoms with E-state index in [-0.39, 0.29) is 23.6 Å². The van der Waals surface area contributed by atoms with Gasteiger partial charge in [-0.05, 0) is 45.2 Å². The molecule has 0 spiro atoms. The summed E-state index contributed by atoms with van der Waals surface area (Å²) in [7, 11) is 3.16. The number of carboxylic acids is 1. The lowest BCUT2D eigenvalue weighted by Crippen LogP contribution is -2.54. The Morgan fingerprint density at radius 1 is 1.33 bits per heavy atom. The van der Waals surface area contributed by atoms with Crippen LogP contribution in [0.1, 0.15) is 55.6 Å². The summed E-state index contributed by atoms with van der Waals surface area (Å²) in [6.07, 6.45) is 2.59. The van der Waals surface area contributed by atoms with Gasteiger partial charge in [-0.15, -0.1) is 0 Å². The van der Waals surface area contributed by atoms with Gasteiger partial charge in [-0.25, -0.2) is 9.18 Å². The Morgan fingerprint density at radius 3 is 2.52 bits per heavy atom. The Labute approximate surface area is 194 Å². The zero-order valence-electron chi connectivity index (χ0n) is 20.4. The maximum atomic E-state index is 15.5. The zero-order valence-corrected chi connectivity index (χ0v) is 20.4. The van der Waals surface area contributed by atoms with Gasteiger partial charge in [0.05, 0.1) is 23.3 Å². The highest BCUT2D eigenvalue weighted by molar-refractivity contribution is 5.95. The summed E-state index contributed by atoms with van der Waals surface area (Å²) in [5.74, 6) is -1.93. The molecule has 2 atom stereocenters. The lowest BCUT2D eigenvalue weighted by molar-refractivity contribution is 0.0694. The van der Waals surface area contributed by atoms with E-state index in [0.717, 1.165) is 6.07 Å². The summed E-state index contributed by atoms with van der Waals surface area (Å²) in [6, 6.07) is 1.06. The first kappa shape index (κ1) is 26.8. The number of carboxylic acid groups (broad SMARTS) is 1. The van der Waals surface area contributed by atoms with Crippen LogP contribution in [0.25, 0.3) is 10.9 Å². The first-order valence-corrected chi connectivity index (χ1v) is 11.2. The van der Waals surface area contributed by atoms with Crippen LogP contribution in [0.15, 0.2) is 17.1 Å². The zero-order chi connectivity index (χ0) is 24.9. The normalized spacial score (nSPS) is 14.3. The molecule has 0 saturated carbocycles. The molecule has 0 aliphatic rings. The molecule has 2 aromatic rings. The average molecular weight is 466 g/mol. The van der Waals surface area contributed by atoms with E-state index in [1.54, 1.807) is 25.7 Å². The fraction of sp³-hybridized carbons (Fsp3) is 0.583. The largest absolute Gasteiger partial charge is 0.477 e. The van der Waals surface area contributed by atoms with Crippen molar-refractivity contribution in [3.8, 4) is 0 Å². The molecule has 0 fully saturated rings. The number of nitrogens with zero attached hydrogens (tertiary/aromatic N) is 2. The number of anilines is 1. The van der Waals surface area contributed by atoms with Crippen LogP contribution in [0.4, 0.5) is 10.1 Å². The summed E-state index contributed by atoms with van der Waals surface area (Å²) in [4.78, 5) is 26.4. The standard InChI is InChI=1S/C24H36FN3O5/c1-7-15(3)28-12-18(23(30)31)22(29)17-11-19(25)21(16(4)20(17)28)27(8-2)13-24(26,14-33-6)9-10-32-5/h11-12,15H,7-10,13-14,26H2,1-6H3,(H,30,31)/t15?,24-/m1/s1. The van der Waals surface area contributed by atoms with E-state index in [2.05, 4.69) is 0 Å². The van der Waals surface area contributed by atoms with Crippen molar-refractivity contribution in [3.05, 3.63) is 39.4 Å². The molecule has 9 heteroatoms. The number of hydrogen-bond donors (Lipinski definition) is 2. The topological polar surface area (TPSA) is 107 Å². The smallest absolute Gasteiger partial charge is 0.341 e. The molecular weight excluding hydrogens is 429 g/mol. The first-order valence-electron chi connectivity index (χ1n) is 11.2. The third-order valence-electron chi connectivity index (χ3n) is 6.21. The van der Waals surface area contributed by atoms with Gasteiger partial charge in [-0.1, -0.05) is 6.92 Å². The number of fused-ring (bicyclic) bond motifs is 1. The second-order valence-corrected chi connectivity index (χ2v) is 8.62. The number of benzene rings is 1. The third-order valence-corrected chi connectivity index (χ3v) is 6.21. The van der Waals surface area contributed by atoms with Gasteiger partial charge in [0, 0.05) is 51.5 Å². The average Bonchev–Trinajstić information content (AvgIpc) is 2.77. The van der Waals surface area contributed by atoms with E-state index in [9.17, 15) is 14.7 Å². The van der Waals surface area contributed by atoms with Gasteiger partial charge >= 0.3 is 5.97 Å². The van der Waals surface area contributed by atoms with Crippen LogP contribution in [0, 0.1) is 12.7 Å². The van der Waals surface area contributed by atoms with E-state index in [4.69, 9.17) is 15.2 Å². The molecule has 2 rings (SSSR count). The number of likely N-dealkylation sites (N-methyl/N-ethyl adjacent to an activating group) is 1. The van der Waals surface area contributed by atoms with Crippen molar-refractivity contribution in [2.75, 3.05) is 45.4 Å². The van der Waals surface area contributed by atoms with Crippen molar-refractivity contribution in [3.63, 3.8) is 0 Å². The van der Waals surface area contributed by atoms with Crippen molar-refractivity contribution in [2.45, 2.75) is 52.1 Å². The van der Waals surface area contributed by atoms with Crippen molar-refractivity contribution in [2.24, 2.45) is 5.73 Å². The van der Waals surface area contributed by atoms with E-state index in [1.165, 1.54) is 6.20 Å². The molecule has 1 unspecified atom stereocenters. The molecule has 0 amide bonds. The van der Waals surface area contributed by atoms with Crippen LogP contribution in [0.5, 0.6) is 0 Å². The molecule has 0 radical (unpaired) electrons. The molecule has 0 aliphatic heterocycles. The minimum absolute atomic E-state index is 0.0558. The molecular formula is C24H36FN3O5. The molecule has 3 N–H and O–H groups in total. The second kappa shape index (κ2) is 11.1. The molecule has 0 aliphatic carbocycles. The molecule has 184 valence electrons. The second-order valence-electron chi connectivity index (χ2n) is 8.62. The first-order chi connectivity index (χ1) is 15.5. The Morgan fingerprint density at radius 2 is 2.00 bits per heavy atom. The Balaban J connectivity index is 2.78. The van der Waals surface area contributed by atoms with Gasteiger partial charge in [0.2, 0.25) is 5.43 Å². The predicted octanol–water partition coefficient (Wildman–Crippen LogP) is 3.32. The van der Waals surface area contributed by atoms with Gasteiger partial charge in [0.25, 0.3) is 0 Å². The van der Waals surface area contributed by atoms with E-state index in [1.807, 2.05) is 25.7 Å². The van der Waals surface area contributed by atoms with Crippen LogP contribution in [0.3, 0.4) is 0 Å². The number of aryl methyl sites for hydroxylation is 1. The van der Waals surface area contributed by atoms with E-state index < -0.39 is 22.8 Å². The number of methoxy groups -OCH3 is 2. The molecule has 8 nitrogen and oxygen atoms in total. The Kier molecular flexibility index (Phi) is 8.99. The van der Waals surface area contributed by atoms with Crippen LogP contribution in [-0.2, 0) is 9.47 Å². The van der Waals surface area contributed by atoms with Crippen LogP contribution in [0.2, 0.25) is 0 Å². The Hall–Kier alpha value is -2.49. The molecule has 0 bridgehead atoms. The summed E-state index contributed by atoms with van der Waals surface area (Å²) < 4.78 is 27.8. The lowest BCUT2D eigenvalue weighted by Gasteiger charge is -2.37. The number of nitrogens with two attached hydrogens (primary N) is 1. The van der Waals surface area contributed by atoms with E-state index in [0.29, 0.717) is 49.3 Å². The van der Waals surface area contributed by atoms with Crippen molar-refractivity contribution in [1.82, 2.24) is 4.57 Å². The number of aromatic nitrogens is 1. The molecule has 0 saturated heterocycles. The van der Waals surface area contributed by atoms with Crippen LogP contribution in [-0.4, -0.2) is 61.7 Å². The van der Waals surface area contributed by atoms with Crippen LogP contribution >= 0.6 is 0 Å². The molecule has 1 aromatic carbocycles. The maximum Gasteiger partial charge on any atom is 0.341 e. The van der Waals surface area contributed by atoms with Gasteiger partial charge in [0.15, 0.2) is 0 Å². The van der Waals surface area contributed by atoms with Crippen molar-refractivity contribution < 1.29 is 23.8 Å². The lowest BCUT2D eigenvalue weighted by atomic mass is 9.95. The highest BCUT2D eigenvalue weighted by atomic mass is 19.1. The maximum absolute atomic E-state index is 15.5. The number of halogens is 1. The highest BCUT2D eigenvalue weighted by Gasteiger charge is 2.30. The van der Waals surface area contributed by atoms with Gasteiger partial charge in [0.1, 0.15) is 11.4 Å². The monoisotopic (exact) mass is 465 g/mol. The number of aromatic carboxylic acids is 1. The number of carbonyl (C=O) groups is 1. The van der Waals surface area contributed by atoms with Gasteiger partial charge in [-0.2, -0.15) is 0 Å².